The van der Waals surface area contributed by atoms with E-state index < -0.39 is 5.82 Å². The Balaban J connectivity index is 1.56. The van der Waals surface area contributed by atoms with E-state index >= 15 is 0 Å². The quantitative estimate of drug-likeness (QED) is 0.792. The fourth-order valence-electron chi connectivity index (χ4n) is 3.79. The zero-order chi connectivity index (χ0) is 17.0. The minimum Gasteiger partial charge on any atom is -0.290 e. The molecule has 0 aromatic carbocycles. The first-order valence-electron chi connectivity index (χ1n) is 8.35. The van der Waals surface area contributed by atoms with Gasteiger partial charge in [0.05, 0.1) is 18.0 Å². The number of rotatable bonds is 3. The number of anilines is 1. The molecule has 2 aliphatic rings. The Kier molecular flexibility index (Phi) is 3.06. The number of halogens is 1. The highest BCUT2D eigenvalue weighted by Crippen LogP contribution is 2.49. The summed E-state index contributed by atoms with van der Waals surface area (Å²) in [6.07, 6.45) is 8.30. The number of nitrogens with zero attached hydrogens (tertiary/aromatic N) is 5. The number of carbonyl (C=O) groups excluding carboxylic acids is 1. The van der Waals surface area contributed by atoms with E-state index in [2.05, 4.69) is 25.5 Å². The molecule has 0 saturated heterocycles. The second-order valence-corrected chi connectivity index (χ2v) is 6.65. The summed E-state index contributed by atoms with van der Waals surface area (Å²) in [7, 11) is 0. The molecule has 2 aliphatic carbocycles. The Labute approximate surface area is 142 Å². The summed E-state index contributed by atoms with van der Waals surface area (Å²) < 4.78 is 14.8. The van der Waals surface area contributed by atoms with Crippen LogP contribution in [0.1, 0.15) is 46.8 Å². The molecule has 1 atom stereocenters. The topological polar surface area (TPSA) is 85.1 Å². The maximum absolute atomic E-state index is 12.9. The van der Waals surface area contributed by atoms with Crippen LogP contribution in [0.2, 0.25) is 0 Å². The smallest absolute Gasteiger partial charge is 0.261 e. The molecule has 0 unspecified atom stereocenters. The number of nitrogens with one attached hydrogen (secondary N) is 1. The van der Waals surface area contributed by atoms with Gasteiger partial charge in [0.2, 0.25) is 5.95 Å². The molecule has 1 fully saturated rings. The Morgan fingerprint density at radius 3 is 2.80 bits per heavy atom. The number of carbonyl (C=O) groups is 1. The summed E-state index contributed by atoms with van der Waals surface area (Å²) in [5.41, 5.74) is 3.39. The van der Waals surface area contributed by atoms with Gasteiger partial charge in [0.25, 0.3) is 5.91 Å². The van der Waals surface area contributed by atoms with Gasteiger partial charge < -0.3 is 0 Å². The molecule has 25 heavy (non-hydrogen) atoms. The largest absolute Gasteiger partial charge is 0.290 e. The van der Waals surface area contributed by atoms with E-state index in [-0.39, 0.29) is 11.9 Å². The number of fused-ring (bicyclic) bond motifs is 3. The Bertz CT molecular complexity index is 979. The van der Waals surface area contributed by atoms with Gasteiger partial charge in [0.1, 0.15) is 6.33 Å². The van der Waals surface area contributed by atoms with Crippen LogP contribution in [0.15, 0.2) is 24.8 Å². The molecule has 0 aliphatic heterocycles. The lowest BCUT2D eigenvalue weighted by molar-refractivity contribution is 0.102. The molecule has 0 spiro atoms. The van der Waals surface area contributed by atoms with Crippen molar-refractivity contribution in [3.05, 3.63) is 47.4 Å². The Morgan fingerprint density at radius 2 is 2.04 bits per heavy atom. The molecule has 1 saturated carbocycles. The molecular formula is C17H15FN6O. The third-order valence-corrected chi connectivity index (χ3v) is 5.09. The fourth-order valence-corrected chi connectivity index (χ4v) is 3.79. The lowest BCUT2D eigenvalue weighted by Gasteiger charge is -2.13. The van der Waals surface area contributed by atoms with Crippen molar-refractivity contribution in [1.82, 2.24) is 24.6 Å². The van der Waals surface area contributed by atoms with E-state index in [1.165, 1.54) is 24.1 Å². The summed E-state index contributed by atoms with van der Waals surface area (Å²) >= 11 is 0. The molecule has 0 bridgehead atoms. The number of amides is 1. The number of hydrogen-bond acceptors (Lipinski definition) is 5. The van der Waals surface area contributed by atoms with Crippen LogP contribution >= 0.6 is 0 Å². The molecule has 5 rings (SSSR count). The molecule has 0 radical (unpaired) electrons. The minimum atomic E-state index is -0.553. The molecule has 3 heterocycles. The first kappa shape index (κ1) is 14.4. The van der Waals surface area contributed by atoms with E-state index in [1.807, 2.05) is 10.5 Å². The molecule has 8 heteroatoms. The Morgan fingerprint density at radius 1 is 1.24 bits per heavy atom. The van der Waals surface area contributed by atoms with Gasteiger partial charge in [-0.2, -0.15) is 0 Å². The van der Waals surface area contributed by atoms with Gasteiger partial charge in [-0.15, -0.1) is 10.2 Å². The van der Waals surface area contributed by atoms with Crippen molar-refractivity contribution < 1.29 is 9.18 Å². The number of aryl methyl sites for hydroxylation is 1. The van der Waals surface area contributed by atoms with Crippen molar-refractivity contribution in [2.24, 2.45) is 5.92 Å². The summed E-state index contributed by atoms with van der Waals surface area (Å²) in [5, 5.41) is 10.7. The third-order valence-electron chi connectivity index (χ3n) is 5.09. The molecule has 1 N–H and O–H groups in total. The summed E-state index contributed by atoms with van der Waals surface area (Å²) in [6.45, 7) is 0. The Hall–Kier alpha value is -2.90. The fraction of sp³-hybridized carbons (Fsp3) is 0.353. The first-order valence-corrected chi connectivity index (χ1v) is 8.35. The van der Waals surface area contributed by atoms with E-state index in [0.29, 0.717) is 17.1 Å². The zero-order valence-corrected chi connectivity index (χ0v) is 13.3. The molecular weight excluding hydrogens is 323 g/mol. The maximum atomic E-state index is 12.9. The van der Waals surface area contributed by atoms with Crippen LogP contribution in [0.25, 0.3) is 5.65 Å². The van der Waals surface area contributed by atoms with Crippen molar-refractivity contribution >= 4 is 17.5 Å². The average Bonchev–Trinajstić information content (AvgIpc) is 3.17. The van der Waals surface area contributed by atoms with Gasteiger partial charge in [-0.25, -0.2) is 14.4 Å². The standard InChI is InChI=1S/C17H15FN6O/c18-10-6-19-17(20-7-10)22-16(25)13-5-12-11(9-1-2-9)3-4-14(12)24-8-21-23-15(13)24/h5-9,11H,1-4H2,(H,19,20,22,25)/t11-/m0/s1. The molecule has 7 nitrogen and oxygen atoms in total. The van der Waals surface area contributed by atoms with Crippen LogP contribution in [-0.2, 0) is 6.42 Å². The normalized spacial score (nSPS) is 19.2. The highest BCUT2D eigenvalue weighted by atomic mass is 19.1. The van der Waals surface area contributed by atoms with Crippen molar-refractivity contribution in [2.75, 3.05) is 5.32 Å². The van der Waals surface area contributed by atoms with Crippen molar-refractivity contribution in [1.29, 1.82) is 0 Å². The van der Waals surface area contributed by atoms with Crippen LogP contribution in [0.5, 0.6) is 0 Å². The van der Waals surface area contributed by atoms with Crippen LogP contribution in [-0.4, -0.2) is 30.5 Å². The second-order valence-electron chi connectivity index (χ2n) is 6.65. The van der Waals surface area contributed by atoms with Crippen LogP contribution < -0.4 is 5.32 Å². The average molecular weight is 338 g/mol. The van der Waals surface area contributed by atoms with Crippen molar-refractivity contribution in [2.45, 2.75) is 31.6 Å². The van der Waals surface area contributed by atoms with Crippen LogP contribution in [0.3, 0.4) is 0 Å². The van der Waals surface area contributed by atoms with Gasteiger partial charge in [0.15, 0.2) is 11.5 Å². The number of pyridine rings is 1. The number of hydrogen-bond donors (Lipinski definition) is 1. The van der Waals surface area contributed by atoms with Gasteiger partial charge in [-0.3, -0.25) is 14.5 Å². The monoisotopic (exact) mass is 338 g/mol. The second kappa shape index (κ2) is 5.30. The van der Waals surface area contributed by atoms with Gasteiger partial charge >= 0.3 is 0 Å². The minimum absolute atomic E-state index is 0.0586. The summed E-state index contributed by atoms with van der Waals surface area (Å²) in [5.74, 6) is 0.377. The van der Waals surface area contributed by atoms with E-state index in [1.54, 1.807) is 6.33 Å². The maximum Gasteiger partial charge on any atom is 0.261 e. The van der Waals surface area contributed by atoms with E-state index in [9.17, 15) is 9.18 Å². The molecule has 3 aromatic heterocycles. The number of aromatic nitrogens is 5. The summed E-state index contributed by atoms with van der Waals surface area (Å²) in [4.78, 5) is 20.3. The lowest BCUT2D eigenvalue weighted by atomic mass is 9.96. The lowest BCUT2D eigenvalue weighted by Crippen LogP contribution is -2.17. The summed E-state index contributed by atoms with van der Waals surface area (Å²) in [6, 6.07) is 1.94. The van der Waals surface area contributed by atoms with Crippen LogP contribution in [0.4, 0.5) is 10.3 Å². The van der Waals surface area contributed by atoms with Gasteiger partial charge in [0, 0.05) is 5.69 Å². The highest BCUT2D eigenvalue weighted by Gasteiger charge is 2.38. The van der Waals surface area contributed by atoms with Gasteiger partial charge in [-0.05, 0) is 49.1 Å². The molecule has 1 amide bonds. The zero-order valence-electron chi connectivity index (χ0n) is 13.3. The van der Waals surface area contributed by atoms with Gasteiger partial charge in [-0.1, -0.05) is 0 Å². The first-order chi connectivity index (χ1) is 12.2. The highest BCUT2D eigenvalue weighted by molar-refractivity contribution is 6.07. The van der Waals surface area contributed by atoms with Crippen molar-refractivity contribution in [3.8, 4) is 0 Å². The molecule has 126 valence electrons. The third kappa shape index (κ3) is 2.36. The van der Waals surface area contributed by atoms with Crippen molar-refractivity contribution in [3.63, 3.8) is 0 Å². The van der Waals surface area contributed by atoms with E-state index in [0.717, 1.165) is 31.2 Å². The SMILES string of the molecule is O=C(Nc1ncc(F)cn1)c1cc2c(n3cnnc13)CC[C@H]2C1CC1. The predicted molar refractivity (Wildman–Crippen MR) is 86.7 cm³/mol. The van der Waals surface area contributed by atoms with E-state index in [4.69, 9.17) is 0 Å². The van der Waals surface area contributed by atoms with Crippen LogP contribution in [0, 0.1) is 11.7 Å². The molecule has 3 aromatic rings. The predicted octanol–water partition coefficient (Wildman–Crippen LogP) is 2.35.